The third kappa shape index (κ3) is 5.12. The van der Waals surface area contributed by atoms with Crippen LogP contribution in [-0.2, 0) is 24.3 Å². The van der Waals surface area contributed by atoms with Gasteiger partial charge in [0, 0.05) is 43.8 Å². The minimum Gasteiger partial charge on any atom is -0.486 e. The minimum atomic E-state index is -0.478. The number of nitrogens with zero attached hydrogens (tertiary/aromatic N) is 6. The van der Waals surface area contributed by atoms with Crippen molar-refractivity contribution >= 4 is 35.3 Å². The van der Waals surface area contributed by atoms with E-state index < -0.39 is 11.8 Å². The second kappa shape index (κ2) is 10.2. The molecule has 2 amide bonds. The fourth-order valence-corrected chi connectivity index (χ4v) is 4.35. The van der Waals surface area contributed by atoms with Gasteiger partial charge in [0.15, 0.2) is 5.78 Å². The Morgan fingerprint density at radius 1 is 0.974 bits per heavy atom. The summed E-state index contributed by atoms with van der Waals surface area (Å²) in [5, 5.41) is 17.7. The van der Waals surface area contributed by atoms with Crippen LogP contribution in [0.1, 0.15) is 49.7 Å². The van der Waals surface area contributed by atoms with E-state index in [-0.39, 0.29) is 42.6 Å². The molecule has 0 unspecified atom stereocenters. The summed E-state index contributed by atoms with van der Waals surface area (Å²) in [4.78, 5) is 46.0. The van der Waals surface area contributed by atoms with Crippen LogP contribution in [-0.4, -0.2) is 55.7 Å². The van der Waals surface area contributed by atoms with E-state index in [1.807, 2.05) is 36.4 Å². The molecule has 2 aromatic heterocycles. The van der Waals surface area contributed by atoms with Crippen molar-refractivity contribution in [1.82, 2.24) is 30.2 Å². The molecule has 0 bridgehead atoms. The number of carbonyl (C=O) groups excluding carboxylic acids is 3. The Morgan fingerprint density at radius 2 is 1.77 bits per heavy atom. The van der Waals surface area contributed by atoms with Crippen LogP contribution < -0.4 is 15.4 Å². The highest BCUT2D eigenvalue weighted by Gasteiger charge is 2.20. The Hall–Kier alpha value is -5.26. The molecule has 0 atom stereocenters. The average molecular weight is 523 g/mol. The topological polar surface area (TPSA) is 152 Å². The van der Waals surface area contributed by atoms with Crippen LogP contribution in [0.3, 0.4) is 0 Å². The first-order valence-corrected chi connectivity index (χ1v) is 12.2. The summed E-state index contributed by atoms with van der Waals surface area (Å²) in [5.41, 5.74) is 4.52. The first-order chi connectivity index (χ1) is 19.0. The van der Waals surface area contributed by atoms with E-state index in [9.17, 15) is 14.4 Å². The van der Waals surface area contributed by atoms with Crippen LogP contribution in [0.4, 0.5) is 0 Å². The van der Waals surface area contributed by atoms with Crippen LogP contribution in [0, 0.1) is 0 Å². The van der Waals surface area contributed by atoms with Gasteiger partial charge in [-0.2, -0.15) is 24.8 Å². The molecular formula is C27H22N8O4. The number of benzene rings is 2. The van der Waals surface area contributed by atoms with Crippen molar-refractivity contribution in [3.05, 3.63) is 88.5 Å². The number of ketones is 1. The third-order valence-corrected chi connectivity index (χ3v) is 6.36. The van der Waals surface area contributed by atoms with Gasteiger partial charge >= 0.3 is 0 Å². The summed E-state index contributed by atoms with van der Waals surface area (Å²) < 4.78 is 6.71. The molecule has 2 aliphatic rings. The highest BCUT2D eigenvalue weighted by atomic mass is 16.5. The average Bonchev–Trinajstić information content (AvgIpc) is 3.67. The van der Waals surface area contributed by atoms with Gasteiger partial charge in [0.2, 0.25) is 0 Å². The van der Waals surface area contributed by atoms with Gasteiger partial charge in [-0.1, -0.05) is 30.3 Å². The summed E-state index contributed by atoms with van der Waals surface area (Å²) in [6, 6.07) is 14.5. The van der Waals surface area contributed by atoms with Crippen LogP contribution in [0.15, 0.2) is 65.1 Å². The minimum absolute atomic E-state index is 0.00597. The molecule has 12 heteroatoms. The first kappa shape index (κ1) is 24.1. The summed E-state index contributed by atoms with van der Waals surface area (Å²) in [7, 11) is 0. The molecule has 2 aliphatic heterocycles. The van der Waals surface area contributed by atoms with Crippen molar-refractivity contribution in [2.45, 2.75) is 25.9 Å². The Labute approximate surface area is 221 Å². The van der Waals surface area contributed by atoms with Crippen molar-refractivity contribution in [2.24, 2.45) is 10.2 Å². The van der Waals surface area contributed by atoms with Gasteiger partial charge in [-0.25, -0.2) is 4.98 Å². The summed E-state index contributed by atoms with van der Waals surface area (Å²) >= 11 is 0. The van der Waals surface area contributed by atoms with E-state index in [4.69, 9.17) is 4.74 Å². The fourth-order valence-electron chi connectivity index (χ4n) is 4.35. The molecule has 4 heterocycles. The Balaban J connectivity index is 1.14. The number of carbonyl (C=O) groups is 3. The normalized spacial score (nSPS) is 14.1. The number of amides is 2. The molecule has 0 saturated carbocycles. The number of ether oxygens (including phenoxy) is 1. The first-order valence-electron chi connectivity index (χ1n) is 12.2. The van der Waals surface area contributed by atoms with E-state index >= 15 is 0 Å². The molecule has 0 saturated heterocycles. The highest BCUT2D eigenvalue weighted by Crippen LogP contribution is 2.24. The molecule has 0 aliphatic carbocycles. The number of aromatic nitrogens is 4. The molecule has 6 rings (SSSR count). The lowest BCUT2D eigenvalue weighted by Gasteiger charge is -2.17. The molecule has 39 heavy (non-hydrogen) atoms. The van der Waals surface area contributed by atoms with Crippen molar-refractivity contribution in [2.75, 3.05) is 6.61 Å². The molecule has 0 fully saturated rings. The van der Waals surface area contributed by atoms with E-state index in [0.717, 1.165) is 28.0 Å². The van der Waals surface area contributed by atoms with E-state index in [2.05, 4.69) is 35.9 Å². The number of nitrogens with one attached hydrogen (secondary N) is 2. The molecule has 2 aromatic carbocycles. The molecule has 12 nitrogen and oxygen atoms in total. The van der Waals surface area contributed by atoms with Gasteiger partial charge < -0.3 is 15.4 Å². The Kier molecular flexibility index (Phi) is 6.33. The lowest BCUT2D eigenvalue weighted by Crippen LogP contribution is -2.28. The van der Waals surface area contributed by atoms with Gasteiger partial charge in [-0.05, 0) is 28.8 Å². The van der Waals surface area contributed by atoms with Crippen LogP contribution in [0.25, 0.3) is 5.78 Å². The molecule has 0 radical (unpaired) electrons. The molecule has 4 aromatic rings. The standard InChI is InChI=1S/C27H22N8O4/c36-20-10-19-9-17(3-6-24(19)39-14-20)13-28-25(37)22-11-23(35-27(33-22)30-15-32-35)26(38)29-12-16-1-4-18(5-2-16)21-7-8-31-34-21/h1-6,8-9,11,15H,7,10,12-14H2,(H,28,37)(H,29,38). The Morgan fingerprint density at radius 3 is 2.59 bits per heavy atom. The number of hydrogen-bond donors (Lipinski definition) is 2. The van der Waals surface area contributed by atoms with Crippen molar-refractivity contribution in [3.8, 4) is 5.75 Å². The quantitative estimate of drug-likeness (QED) is 0.374. The number of fused-ring (bicyclic) bond motifs is 2. The highest BCUT2D eigenvalue weighted by molar-refractivity contribution is 6.09. The fraction of sp³-hybridized carbons (Fsp3) is 0.185. The van der Waals surface area contributed by atoms with Crippen LogP contribution in [0.2, 0.25) is 0 Å². The summed E-state index contributed by atoms with van der Waals surface area (Å²) in [6.07, 6.45) is 4.02. The smallest absolute Gasteiger partial charge is 0.270 e. The lowest BCUT2D eigenvalue weighted by molar-refractivity contribution is -0.121. The largest absolute Gasteiger partial charge is 0.486 e. The maximum absolute atomic E-state index is 13.1. The van der Waals surface area contributed by atoms with Crippen LogP contribution >= 0.6 is 0 Å². The molecule has 0 spiro atoms. The molecule has 2 N–H and O–H groups in total. The maximum atomic E-state index is 13.1. The van der Waals surface area contributed by atoms with Gasteiger partial charge in [0.1, 0.15) is 30.1 Å². The van der Waals surface area contributed by atoms with Gasteiger partial charge in [0.25, 0.3) is 17.6 Å². The number of Topliss-reactive ketones (excluding diaryl/α,β-unsaturated/α-hetero) is 1. The monoisotopic (exact) mass is 522 g/mol. The zero-order valence-electron chi connectivity index (χ0n) is 20.6. The van der Waals surface area contributed by atoms with Gasteiger partial charge in [-0.3, -0.25) is 14.4 Å². The second-order valence-corrected chi connectivity index (χ2v) is 9.06. The number of rotatable bonds is 7. The van der Waals surface area contributed by atoms with Gasteiger partial charge in [-0.15, -0.1) is 0 Å². The van der Waals surface area contributed by atoms with Crippen molar-refractivity contribution < 1.29 is 19.1 Å². The van der Waals surface area contributed by atoms with Crippen molar-refractivity contribution in [3.63, 3.8) is 0 Å². The number of hydrogen-bond acceptors (Lipinski definition) is 9. The Bertz CT molecular complexity index is 1670. The SMILES string of the molecule is O=C1COc2ccc(CNC(=O)c3cc(C(=O)NCc4ccc(C5=NN=CC5)cc4)n4ncnc4n3)cc2C1. The summed E-state index contributed by atoms with van der Waals surface area (Å²) in [5.74, 6) is -0.103. The molecular weight excluding hydrogens is 500 g/mol. The van der Waals surface area contributed by atoms with E-state index in [1.54, 1.807) is 12.3 Å². The predicted octanol–water partition coefficient (Wildman–Crippen LogP) is 1.67. The van der Waals surface area contributed by atoms with Crippen LogP contribution in [0.5, 0.6) is 5.75 Å². The lowest BCUT2D eigenvalue weighted by atomic mass is 10.0. The predicted molar refractivity (Wildman–Crippen MR) is 140 cm³/mol. The summed E-state index contributed by atoms with van der Waals surface area (Å²) in [6.45, 7) is 0.552. The van der Waals surface area contributed by atoms with Gasteiger partial charge in [0.05, 0.1) is 5.71 Å². The molecule has 194 valence electrons. The van der Waals surface area contributed by atoms with E-state index in [0.29, 0.717) is 18.6 Å². The zero-order chi connectivity index (χ0) is 26.8. The third-order valence-electron chi connectivity index (χ3n) is 6.36. The van der Waals surface area contributed by atoms with Crippen molar-refractivity contribution in [1.29, 1.82) is 0 Å². The second-order valence-electron chi connectivity index (χ2n) is 9.06. The van der Waals surface area contributed by atoms with E-state index in [1.165, 1.54) is 16.9 Å². The maximum Gasteiger partial charge on any atom is 0.270 e. The zero-order valence-corrected chi connectivity index (χ0v) is 20.6.